The van der Waals surface area contributed by atoms with Crippen LogP contribution in [0.5, 0.6) is 11.5 Å². The number of ether oxygens (including phenoxy) is 3. The molecular formula is C25H29N7O3. The monoisotopic (exact) mass is 475 g/mol. The van der Waals surface area contributed by atoms with Gasteiger partial charge in [-0.25, -0.2) is 5.43 Å². The summed E-state index contributed by atoms with van der Waals surface area (Å²) in [5, 5.41) is 7.55. The number of benzene rings is 2. The molecule has 2 heterocycles. The second-order valence-corrected chi connectivity index (χ2v) is 7.48. The minimum absolute atomic E-state index is 0.326. The minimum Gasteiger partial charge on any atom is -0.490 e. The number of nitrogens with zero attached hydrogens (tertiary/aromatic N) is 5. The van der Waals surface area contributed by atoms with Crippen LogP contribution in [0.3, 0.4) is 0 Å². The Bertz CT molecular complexity index is 1140. The number of nitrogens with one attached hydrogen (secondary N) is 2. The molecule has 182 valence electrons. The quantitative estimate of drug-likeness (QED) is 0.243. The first kappa shape index (κ1) is 24.0. The second-order valence-electron chi connectivity index (χ2n) is 7.48. The molecule has 1 aromatic heterocycles. The summed E-state index contributed by atoms with van der Waals surface area (Å²) in [4.78, 5) is 15.7. The highest BCUT2D eigenvalue weighted by Gasteiger charge is 2.16. The molecule has 0 spiro atoms. The number of anilines is 4. The van der Waals surface area contributed by atoms with E-state index in [1.54, 1.807) is 12.3 Å². The molecule has 0 amide bonds. The van der Waals surface area contributed by atoms with Gasteiger partial charge in [-0.2, -0.15) is 20.1 Å². The topological polar surface area (TPSA) is 106 Å². The van der Waals surface area contributed by atoms with E-state index in [9.17, 15) is 0 Å². The van der Waals surface area contributed by atoms with Crippen LogP contribution in [-0.4, -0.2) is 60.7 Å². The molecule has 1 aliphatic heterocycles. The van der Waals surface area contributed by atoms with Gasteiger partial charge in [-0.1, -0.05) is 30.9 Å². The maximum Gasteiger partial charge on any atom is 0.250 e. The van der Waals surface area contributed by atoms with Crippen molar-refractivity contribution in [2.45, 2.75) is 6.92 Å². The Balaban J connectivity index is 1.52. The summed E-state index contributed by atoms with van der Waals surface area (Å²) in [6, 6.07) is 15.3. The molecule has 1 aliphatic rings. The number of hydrogen-bond donors (Lipinski definition) is 2. The minimum atomic E-state index is 0.326. The zero-order valence-electron chi connectivity index (χ0n) is 19.7. The Kier molecular flexibility index (Phi) is 8.44. The van der Waals surface area contributed by atoms with E-state index in [1.165, 1.54) is 0 Å². The predicted octanol–water partition coefficient (Wildman–Crippen LogP) is 3.86. The maximum atomic E-state index is 5.70. The molecule has 0 atom stereocenters. The molecule has 0 bridgehead atoms. The van der Waals surface area contributed by atoms with E-state index in [4.69, 9.17) is 14.2 Å². The van der Waals surface area contributed by atoms with Gasteiger partial charge in [-0.05, 0) is 42.8 Å². The van der Waals surface area contributed by atoms with Gasteiger partial charge >= 0.3 is 0 Å². The molecule has 2 N–H and O–H groups in total. The molecule has 0 radical (unpaired) electrons. The average Bonchev–Trinajstić information content (AvgIpc) is 2.89. The number of rotatable bonds is 11. The van der Waals surface area contributed by atoms with Crippen LogP contribution in [0.25, 0.3) is 0 Å². The second kappa shape index (κ2) is 12.3. The van der Waals surface area contributed by atoms with Crippen molar-refractivity contribution in [1.29, 1.82) is 0 Å². The molecule has 10 heteroatoms. The first-order valence-electron chi connectivity index (χ1n) is 11.5. The van der Waals surface area contributed by atoms with E-state index >= 15 is 0 Å². The summed E-state index contributed by atoms with van der Waals surface area (Å²) >= 11 is 0. The summed E-state index contributed by atoms with van der Waals surface area (Å²) in [6.07, 6.45) is 3.36. The van der Waals surface area contributed by atoms with Crippen molar-refractivity contribution >= 4 is 29.7 Å². The standard InChI is InChI=1S/C25H29N7O3/c1-3-14-35-21-11-10-19(17-22(21)34-4-2)18-26-31-24-28-23(27-20-8-6-5-7-9-20)29-25(30-24)32-12-15-33-16-13-32/h3,5-11,17-18H,1,4,12-16H2,2H3,(H2,27,28,29,30,31). The van der Waals surface area contributed by atoms with Crippen molar-refractivity contribution in [1.82, 2.24) is 15.0 Å². The summed E-state index contributed by atoms with van der Waals surface area (Å²) in [5.41, 5.74) is 4.63. The predicted molar refractivity (Wildman–Crippen MR) is 137 cm³/mol. The Labute approximate surface area is 204 Å². The Morgan fingerprint density at radius 1 is 1.03 bits per heavy atom. The van der Waals surface area contributed by atoms with Gasteiger partial charge in [0.05, 0.1) is 26.0 Å². The number of hydrazone groups is 1. The largest absolute Gasteiger partial charge is 0.490 e. The molecule has 4 rings (SSSR count). The van der Waals surface area contributed by atoms with Crippen LogP contribution in [0.1, 0.15) is 12.5 Å². The first-order chi connectivity index (χ1) is 17.2. The van der Waals surface area contributed by atoms with Crippen molar-refractivity contribution in [2.24, 2.45) is 5.10 Å². The lowest BCUT2D eigenvalue weighted by molar-refractivity contribution is 0.122. The average molecular weight is 476 g/mol. The normalized spacial score (nSPS) is 13.5. The fraction of sp³-hybridized carbons (Fsp3) is 0.280. The van der Waals surface area contributed by atoms with Crippen LogP contribution >= 0.6 is 0 Å². The third-order valence-electron chi connectivity index (χ3n) is 4.95. The molecule has 10 nitrogen and oxygen atoms in total. The van der Waals surface area contributed by atoms with Crippen molar-refractivity contribution in [3.05, 3.63) is 66.7 Å². The van der Waals surface area contributed by atoms with Crippen LogP contribution in [0, 0.1) is 0 Å². The Morgan fingerprint density at radius 2 is 1.83 bits per heavy atom. The summed E-state index contributed by atoms with van der Waals surface area (Å²) in [6.45, 7) is 9.20. The van der Waals surface area contributed by atoms with E-state index in [0.29, 0.717) is 68.9 Å². The Hall–Kier alpha value is -4.18. The lowest BCUT2D eigenvalue weighted by Crippen LogP contribution is -2.37. The molecule has 1 saturated heterocycles. The zero-order chi connectivity index (χ0) is 24.3. The van der Waals surface area contributed by atoms with E-state index in [2.05, 4.69) is 42.3 Å². The SMILES string of the molecule is C=CCOc1ccc(C=NNc2nc(Nc3ccccc3)nc(N3CCOCC3)n2)cc1OCC. The van der Waals surface area contributed by atoms with Crippen molar-refractivity contribution < 1.29 is 14.2 Å². The van der Waals surface area contributed by atoms with Gasteiger partial charge in [0.1, 0.15) is 6.61 Å². The van der Waals surface area contributed by atoms with Crippen LogP contribution in [0.4, 0.5) is 23.5 Å². The number of morpholine rings is 1. The van der Waals surface area contributed by atoms with E-state index in [0.717, 1.165) is 11.3 Å². The number of aromatic nitrogens is 3. The van der Waals surface area contributed by atoms with Crippen LogP contribution in [0.2, 0.25) is 0 Å². The lowest BCUT2D eigenvalue weighted by atomic mass is 10.2. The summed E-state index contributed by atoms with van der Waals surface area (Å²) in [7, 11) is 0. The third-order valence-corrected chi connectivity index (χ3v) is 4.95. The number of para-hydroxylation sites is 1. The molecular weight excluding hydrogens is 446 g/mol. The van der Waals surface area contributed by atoms with Crippen molar-refractivity contribution in [3.8, 4) is 11.5 Å². The van der Waals surface area contributed by atoms with Gasteiger partial charge < -0.3 is 24.4 Å². The fourth-order valence-electron chi connectivity index (χ4n) is 3.33. The molecule has 2 aromatic carbocycles. The summed E-state index contributed by atoms with van der Waals surface area (Å²) < 4.78 is 16.8. The van der Waals surface area contributed by atoms with Crippen LogP contribution < -0.4 is 25.1 Å². The van der Waals surface area contributed by atoms with Gasteiger partial charge in [0.15, 0.2) is 11.5 Å². The van der Waals surface area contributed by atoms with Gasteiger partial charge in [-0.15, -0.1) is 0 Å². The maximum absolute atomic E-state index is 5.70. The molecule has 0 saturated carbocycles. The van der Waals surface area contributed by atoms with E-state index < -0.39 is 0 Å². The molecule has 0 aliphatic carbocycles. The zero-order valence-corrected chi connectivity index (χ0v) is 19.7. The molecule has 3 aromatic rings. The Morgan fingerprint density at radius 3 is 2.60 bits per heavy atom. The molecule has 0 unspecified atom stereocenters. The first-order valence-corrected chi connectivity index (χ1v) is 11.5. The van der Waals surface area contributed by atoms with E-state index in [1.807, 2.05) is 55.5 Å². The van der Waals surface area contributed by atoms with E-state index in [-0.39, 0.29) is 0 Å². The highest BCUT2D eigenvalue weighted by molar-refractivity contribution is 5.81. The van der Waals surface area contributed by atoms with Crippen LogP contribution in [-0.2, 0) is 4.74 Å². The lowest BCUT2D eigenvalue weighted by Gasteiger charge is -2.27. The highest BCUT2D eigenvalue weighted by atomic mass is 16.5. The van der Waals surface area contributed by atoms with Gasteiger partial charge in [0.25, 0.3) is 0 Å². The molecule has 35 heavy (non-hydrogen) atoms. The molecule has 1 fully saturated rings. The summed E-state index contributed by atoms with van der Waals surface area (Å²) in [5.74, 6) is 2.60. The van der Waals surface area contributed by atoms with Gasteiger partial charge in [0, 0.05) is 18.8 Å². The third kappa shape index (κ3) is 6.90. The fourth-order valence-corrected chi connectivity index (χ4v) is 3.33. The smallest absolute Gasteiger partial charge is 0.250 e. The van der Waals surface area contributed by atoms with Gasteiger partial charge in [0.2, 0.25) is 17.8 Å². The van der Waals surface area contributed by atoms with Crippen molar-refractivity contribution in [3.63, 3.8) is 0 Å². The number of hydrogen-bond acceptors (Lipinski definition) is 10. The highest BCUT2D eigenvalue weighted by Crippen LogP contribution is 2.28. The van der Waals surface area contributed by atoms with Gasteiger partial charge in [-0.3, -0.25) is 0 Å². The van der Waals surface area contributed by atoms with Crippen molar-refractivity contribution in [2.75, 3.05) is 55.2 Å². The van der Waals surface area contributed by atoms with Crippen LogP contribution in [0.15, 0.2) is 66.3 Å².